The van der Waals surface area contributed by atoms with Crippen molar-refractivity contribution in [1.29, 1.82) is 0 Å². The minimum Gasteiger partial charge on any atom is -0.494 e. The molecule has 2 aromatic carbocycles. The molecule has 1 aliphatic rings. The van der Waals surface area contributed by atoms with Gasteiger partial charge in [-0.15, -0.1) is 0 Å². The lowest BCUT2D eigenvalue weighted by atomic mass is 10.0. The summed E-state index contributed by atoms with van der Waals surface area (Å²) in [5, 5.41) is 7.08. The van der Waals surface area contributed by atoms with Crippen LogP contribution in [0.3, 0.4) is 0 Å². The first kappa shape index (κ1) is 20.5. The molecule has 0 aromatic heterocycles. The van der Waals surface area contributed by atoms with Crippen LogP contribution >= 0.6 is 12.2 Å². The molecule has 1 saturated heterocycles. The summed E-state index contributed by atoms with van der Waals surface area (Å²) in [6, 6.07) is 14.6. The van der Waals surface area contributed by atoms with E-state index in [1.165, 1.54) is 17.0 Å². The summed E-state index contributed by atoms with van der Waals surface area (Å²) in [7, 11) is 0. The Morgan fingerprint density at radius 1 is 1.14 bits per heavy atom. The molecule has 1 atom stereocenters. The quantitative estimate of drug-likeness (QED) is 0.618. The van der Waals surface area contributed by atoms with E-state index in [2.05, 4.69) is 10.6 Å². The van der Waals surface area contributed by atoms with Crippen molar-refractivity contribution < 1.29 is 18.8 Å². The Morgan fingerprint density at radius 2 is 1.82 bits per heavy atom. The number of benzene rings is 2. The lowest BCUT2D eigenvalue weighted by molar-refractivity contribution is -0.937. The number of hydrogen-bond donors (Lipinski definition) is 3. The van der Waals surface area contributed by atoms with Crippen LogP contribution in [0.1, 0.15) is 18.5 Å². The van der Waals surface area contributed by atoms with Crippen LogP contribution in [0.25, 0.3) is 0 Å². The summed E-state index contributed by atoms with van der Waals surface area (Å²) in [5.74, 6) is 0.611. The molecule has 0 unspecified atom stereocenters. The van der Waals surface area contributed by atoms with E-state index in [-0.39, 0.29) is 11.9 Å². The monoisotopic (exact) mass is 404 g/mol. The number of nitrogens with one attached hydrogen (secondary N) is 3. The molecule has 7 heteroatoms. The molecule has 0 aliphatic carbocycles. The van der Waals surface area contributed by atoms with Crippen LogP contribution in [0.15, 0.2) is 48.5 Å². The first-order valence-corrected chi connectivity index (χ1v) is 10.0. The highest BCUT2D eigenvalue weighted by atomic mass is 32.1. The van der Waals surface area contributed by atoms with Crippen molar-refractivity contribution >= 4 is 23.0 Å². The maximum atomic E-state index is 13.3. The molecule has 1 aliphatic heterocycles. The maximum Gasteiger partial charge on any atom is 0.171 e. The van der Waals surface area contributed by atoms with Gasteiger partial charge in [0.2, 0.25) is 0 Å². The molecule has 2 aromatic rings. The number of ether oxygens (including phenoxy) is 2. The molecule has 150 valence electrons. The van der Waals surface area contributed by atoms with E-state index in [1.807, 2.05) is 43.3 Å². The van der Waals surface area contributed by atoms with Gasteiger partial charge in [0.1, 0.15) is 30.7 Å². The number of hydrogen-bond acceptors (Lipinski definition) is 3. The number of quaternary nitrogens is 1. The van der Waals surface area contributed by atoms with Gasteiger partial charge in [0.15, 0.2) is 5.11 Å². The van der Waals surface area contributed by atoms with Crippen molar-refractivity contribution in [3.05, 3.63) is 59.9 Å². The van der Waals surface area contributed by atoms with Gasteiger partial charge in [-0.25, -0.2) is 4.39 Å². The van der Waals surface area contributed by atoms with Gasteiger partial charge >= 0.3 is 0 Å². The van der Waals surface area contributed by atoms with Crippen LogP contribution in [0.4, 0.5) is 10.1 Å². The molecular formula is C21H27FN3O2S+. The zero-order chi connectivity index (χ0) is 19.8. The van der Waals surface area contributed by atoms with E-state index in [1.54, 1.807) is 0 Å². The van der Waals surface area contributed by atoms with Crippen molar-refractivity contribution in [3.63, 3.8) is 0 Å². The van der Waals surface area contributed by atoms with Crippen molar-refractivity contribution in [2.24, 2.45) is 0 Å². The highest BCUT2D eigenvalue weighted by molar-refractivity contribution is 7.80. The van der Waals surface area contributed by atoms with Crippen molar-refractivity contribution in [2.75, 3.05) is 44.8 Å². The van der Waals surface area contributed by atoms with Crippen molar-refractivity contribution in [2.45, 2.75) is 13.0 Å². The van der Waals surface area contributed by atoms with Crippen LogP contribution in [0.5, 0.6) is 5.75 Å². The summed E-state index contributed by atoms with van der Waals surface area (Å²) in [6.07, 6.45) is 0. The second-order valence-electron chi connectivity index (χ2n) is 6.67. The fourth-order valence-electron chi connectivity index (χ4n) is 3.35. The van der Waals surface area contributed by atoms with Crippen LogP contribution in [0, 0.1) is 5.82 Å². The standard InChI is InChI=1S/C21H26FN3O2S/c1-2-27-19-9-7-18(8-10-19)24-21(28)23-15-20(25-11-13-26-14-12-25)16-3-5-17(22)6-4-16/h3-10,20H,2,11-15H2,1H3,(H2,23,24,28)/p+1/t20-/m0/s1. The van der Waals surface area contributed by atoms with Crippen LogP contribution in [-0.2, 0) is 4.74 Å². The van der Waals surface area contributed by atoms with Gasteiger partial charge < -0.3 is 25.0 Å². The summed E-state index contributed by atoms with van der Waals surface area (Å²) >= 11 is 5.46. The Balaban J connectivity index is 1.60. The molecule has 1 heterocycles. The van der Waals surface area contributed by atoms with E-state index in [0.29, 0.717) is 18.3 Å². The molecule has 28 heavy (non-hydrogen) atoms. The third-order valence-corrected chi connectivity index (χ3v) is 5.04. The largest absolute Gasteiger partial charge is 0.494 e. The summed E-state index contributed by atoms with van der Waals surface area (Å²) in [5.41, 5.74) is 1.99. The number of anilines is 1. The van der Waals surface area contributed by atoms with E-state index >= 15 is 0 Å². The molecule has 0 amide bonds. The fourth-order valence-corrected chi connectivity index (χ4v) is 3.55. The Kier molecular flexibility index (Phi) is 7.59. The summed E-state index contributed by atoms with van der Waals surface area (Å²) < 4.78 is 24.3. The second-order valence-corrected chi connectivity index (χ2v) is 7.08. The fraction of sp³-hybridized carbons (Fsp3) is 0.381. The van der Waals surface area contributed by atoms with Crippen molar-refractivity contribution in [1.82, 2.24) is 5.32 Å². The molecule has 0 radical (unpaired) electrons. The van der Waals surface area contributed by atoms with Gasteiger partial charge in [0.25, 0.3) is 0 Å². The molecular weight excluding hydrogens is 377 g/mol. The third kappa shape index (κ3) is 5.89. The van der Waals surface area contributed by atoms with Crippen LogP contribution in [0.2, 0.25) is 0 Å². The van der Waals surface area contributed by atoms with Gasteiger partial charge in [-0.3, -0.25) is 0 Å². The summed E-state index contributed by atoms with van der Waals surface area (Å²) in [4.78, 5) is 1.41. The molecule has 5 nitrogen and oxygen atoms in total. The number of thiocarbonyl (C=S) groups is 1. The first-order valence-electron chi connectivity index (χ1n) is 9.61. The second kappa shape index (κ2) is 10.4. The van der Waals surface area contributed by atoms with Gasteiger partial charge in [-0.2, -0.15) is 0 Å². The third-order valence-electron chi connectivity index (χ3n) is 4.79. The Bertz CT molecular complexity index is 749. The smallest absolute Gasteiger partial charge is 0.171 e. The minimum atomic E-state index is -0.222. The lowest BCUT2D eigenvalue weighted by Gasteiger charge is -2.32. The zero-order valence-corrected chi connectivity index (χ0v) is 16.9. The molecule has 0 saturated carbocycles. The first-order chi connectivity index (χ1) is 13.7. The Labute approximate surface area is 170 Å². The zero-order valence-electron chi connectivity index (χ0n) is 16.0. The predicted octanol–water partition coefficient (Wildman–Crippen LogP) is 2.17. The molecule has 0 bridgehead atoms. The molecule has 3 N–H and O–H groups in total. The van der Waals surface area contributed by atoms with Gasteiger partial charge in [-0.05, 0) is 55.5 Å². The number of rotatable bonds is 7. The normalized spacial score (nSPS) is 15.6. The SMILES string of the molecule is CCOc1ccc(NC(=S)NC[C@@H](c2ccc(F)cc2)[NH+]2CCOCC2)cc1. The van der Waals surface area contributed by atoms with E-state index < -0.39 is 0 Å². The maximum absolute atomic E-state index is 13.3. The highest BCUT2D eigenvalue weighted by Crippen LogP contribution is 2.16. The van der Waals surface area contributed by atoms with E-state index in [9.17, 15) is 4.39 Å². The predicted molar refractivity (Wildman–Crippen MR) is 112 cm³/mol. The minimum absolute atomic E-state index is 0.171. The molecule has 3 rings (SSSR count). The van der Waals surface area contributed by atoms with Crippen LogP contribution < -0.4 is 20.3 Å². The van der Waals surface area contributed by atoms with Crippen LogP contribution in [-0.4, -0.2) is 44.6 Å². The Hall–Kier alpha value is -2.22. The average molecular weight is 405 g/mol. The topological polar surface area (TPSA) is 47.0 Å². The lowest BCUT2D eigenvalue weighted by Crippen LogP contribution is -3.15. The Morgan fingerprint density at radius 3 is 2.46 bits per heavy atom. The number of morpholine rings is 1. The number of halogens is 1. The molecule has 0 spiro atoms. The van der Waals surface area contributed by atoms with Gasteiger partial charge in [0.05, 0.1) is 26.4 Å². The van der Waals surface area contributed by atoms with Gasteiger partial charge in [0, 0.05) is 11.3 Å². The molecule has 1 fully saturated rings. The summed E-state index contributed by atoms with van der Waals surface area (Å²) in [6.45, 7) is 6.57. The van der Waals surface area contributed by atoms with Crippen molar-refractivity contribution in [3.8, 4) is 5.75 Å². The van der Waals surface area contributed by atoms with E-state index in [0.717, 1.165) is 43.3 Å². The average Bonchev–Trinajstić information content (AvgIpc) is 2.72. The van der Waals surface area contributed by atoms with Gasteiger partial charge in [-0.1, -0.05) is 12.1 Å². The van der Waals surface area contributed by atoms with E-state index in [4.69, 9.17) is 21.7 Å². The highest BCUT2D eigenvalue weighted by Gasteiger charge is 2.26.